The van der Waals surface area contributed by atoms with Gasteiger partial charge < -0.3 is 15.5 Å². The predicted octanol–water partition coefficient (Wildman–Crippen LogP) is 4.80. The third-order valence-electron chi connectivity index (χ3n) is 3.75. The van der Waals surface area contributed by atoms with Crippen molar-refractivity contribution in [2.75, 3.05) is 29.6 Å². The number of pyridine rings is 1. The number of nitrogens with zero attached hydrogens (tertiary/aromatic N) is 2. The van der Waals surface area contributed by atoms with Gasteiger partial charge in [0.2, 0.25) is 0 Å². The molecule has 0 aliphatic rings. The Morgan fingerprint density at radius 1 is 0.962 bits per heavy atom. The molecule has 3 rings (SSSR count). The molecule has 2 N–H and O–H groups in total. The van der Waals surface area contributed by atoms with E-state index in [1.807, 2.05) is 49.3 Å². The minimum absolute atomic E-state index is 0.283. The summed E-state index contributed by atoms with van der Waals surface area (Å²) >= 11 is 5.92. The molecule has 1 aromatic heterocycles. The van der Waals surface area contributed by atoms with Gasteiger partial charge in [0.25, 0.3) is 5.91 Å². The summed E-state index contributed by atoms with van der Waals surface area (Å²) in [4.78, 5) is 18.5. The van der Waals surface area contributed by atoms with Crippen LogP contribution in [0, 0.1) is 0 Å². The van der Waals surface area contributed by atoms with Crippen molar-refractivity contribution in [2.24, 2.45) is 0 Å². The lowest BCUT2D eigenvalue weighted by Gasteiger charge is -2.13. The molecule has 1 heterocycles. The van der Waals surface area contributed by atoms with Crippen LogP contribution in [0.4, 0.5) is 22.7 Å². The molecule has 132 valence electrons. The van der Waals surface area contributed by atoms with Gasteiger partial charge in [0, 0.05) is 36.2 Å². The number of rotatable bonds is 5. The van der Waals surface area contributed by atoms with E-state index in [9.17, 15) is 4.79 Å². The molecule has 2 aromatic carbocycles. The zero-order valence-electron chi connectivity index (χ0n) is 14.5. The van der Waals surface area contributed by atoms with Gasteiger partial charge in [0.15, 0.2) is 0 Å². The quantitative estimate of drug-likeness (QED) is 0.681. The first-order valence-corrected chi connectivity index (χ1v) is 8.46. The number of aromatic nitrogens is 1. The largest absolute Gasteiger partial charge is 0.378 e. The molecule has 3 aromatic rings. The van der Waals surface area contributed by atoms with Gasteiger partial charge in [-0.25, -0.2) is 4.98 Å². The van der Waals surface area contributed by atoms with Gasteiger partial charge in [0.05, 0.1) is 11.9 Å². The molecule has 0 fully saturated rings. The van der Waals surface area contributed by atoms with Crippen LogP contribution in [0.2, 0.25) is 5.02 Å². The summed E-state index contributed by atoms with van der Waals surface area (Å²) < 4.78 is 0. The van der Waals surface area contributed by atoms with E-state index in [1.165, 1.54) is 0 Å². The van der Waals surface area contributed by atoms with Crippen molar-refractivity contribution in [3.8, 4) is 0 Å². The summed E-state index contributed by atoms with van der Waals surface area (Å²) in [7, 11) is 4.00. The molecule has 26 heavy (non-hydrogen) atoms. The fraction of sp³-hybridized carbons (Fsp3) is 0.100. The Morgan fingerprint density at radius 2 is 1.69 bits per heavy atom. The lowest BCUT2D eigenvalue weighted by atomic mass is 10.2. The number of benzene rings is 2. The average Bonchev–Trinajstić information content (AvgIpc) is 2.63. The molecule has 0 saturated carbocycles. The van der Waals surface area contributed by atoms with Crippen molar-refractivity contribution in [1.82, 2.24) is 4.98 Å². The second kappa shape index (κ2) is 7.89. The number of carbonyl (C=O) groups excluding carboxylic acids is 1. The van der Waals surface area contributed by atoms with E-state index in [1.54, 1.807) is 36.5 Å². The molecule has 1 amide bonds. The minimum Gasteiger partial charge on any atom is -0.378 e. The average molecular weight is 367 g/mol. The minimum atomic E-state index is -0.283. The van der Waals surface area contributed by atoms with Crippen LogP contribution in [0.15, 0.2) is 66.9 Å². The van der Waals surface area contributed by atoms with Crippen LogP contribution in [-0.4, -0.2) is 25.0 Å². The number of nitrogens with one attached hydrogen (secondary N) is 2. The normalized spacial score (nSPS) is 10.3. The third-order valence-corrected chi connectivity index (χ3v) is 3.99. The highest BCUT2D eigenvalue weighted by atomic mass is 35.5. The monoisotopic (exact) mass is 366 g/mol. The Morgan fingerprint density at radius 3 is 2.31 bits per heavy atom. The summed E-state index contributed by atoms with van der Waals surface area (Å²) in [5.41, 5.74) is 3.85. The third kappa shape index (κ3) is 4.52. The standard InChI is InChI=1S/C20H19ClN4O/c1-25(2)18-9-6-15(7-10-18)23-17-8-11-19(22-13-17)20(26)24-16-5-3-4-14(21)12-16/h3-13,23H,1-2H3,(H,24,26). The second-order valence-electron chi connectivity index (χ2n) is 5.96. The molecule has 0 saturated heterocycles. The maximum Gasteiger partial charge on any atom is 0.274 e. The van der Waals surface area contributed by atoms with Crippen molar-refractivity contribution < 1.29 is 4.79 Å². The highest BCUT2D eigenvalue weighted by Gasteiger charge is 2.08. The number of carbonyl (C=O) groups is 1. The van der Waals surface area contributed by atoms with Crippen molar-refractivity contribution in [2.45, 2.75) is 0 Å². The van der Waals surface area contributed by atoms with Crippen LogP contribution in [0.5, 0.6) is 0 Å². The number of hydrogen-bond acceptors (Lipinski definition) is 4. The van der Waals surface area contributed by atoms with E-state index in [0.29, 0.717) is 16.4 Å². The zero-order valence-corrected chi connectivity index (χ0v) is 15.3. The molecule has 0 spiro atoms. The summed E-state index contributed by atoms with van der Waals surface area (Å²) in [6.07, 6.45) is 1.63. The Hall–Kier alpha value is -3.05. The van der Waals surface area contributed by atoms with Crippen LogP contribution in [-0.2, 0) is 0 Å². The zero-order chi connectivity index (χ0) is 18.5. The fourth-order valence-corrected chi connectivity index (χ4v) is 2.56. The van der Waals surface area contributed by atoms with E-state index in [0.717, 1.165) is 17.1 Å². The molecular formula is C20H19ClN4O. The molecule has 0 atom stereocenters. The molecule has 0 unspecified atom stereocenters. The van der Waals surface area contributed by atoms with E-state index in [2.05, 4.69) is 15.6 Å². The van der Waals surface area contributed by atoms with Gasteiger partial charge in [-0.15, -0.1) is 0 Å². The first kappa shape index (κ1) is 17.8. The number of amides is 1. The molecule has 0 bridgehead atoms. The number of hydrogen-bond donors (Lipinski definition) is 2. The number of anilines is 4. The fourth-order valence-electron chi connectivity index (χ4n) is 2.37. The summed E-state index contributed by atoms with van der Waals surface area (Å²) in [6, 6.07) is 18.5. The molecule has 0 aliphatic carbocycles. The van der Waals surface area contributed by atoms with Gasteiger partial charge in [0.1, 0.15) is 5.69 Å². The molecule has 5 nitrogen and oxygen atoms in total. The maximum atomic E-state index is 12.3. The lowest BCUT2D eigenvalue weighted by Crippen LogP contribution is -2.13. The molecule has 6 heteroatoms. The molecule has 0 radical (unpaired) electrons. The smallest absolute Gasteiger partial charge is 0.274 e. The van der Waals surface area contributed by atoms with E-state index >= 15 is 0 Å². The van der Waals surface area contributed by atoms with Crippen LogP contribution in [0.1, 0.15) is 10.5 Å². The molecular weight excluding hydrogens is 348 g/mol. The van der Waals surface area contributed by atoms with E-state index in [-0.39, 0.29) is 5.91 Å². The van der Waals surface area contributed by atoms with Crippen molar-refractivity contribution in [3.63, 3.8) is 0 Å². The topological polar surface area (TPSA) is 57.3 Å². The van der Waals surface area contributed by atoms with Crippen LogP contribution >= 0.6 is 11.6 Å². The van der Waals surface area contributed by atoms with Gasteiger partial charge in [-0.05, 0) is 54.6 Å². The highest BCUT2D eigenvalue weighted by Crippen LogP contribution is 2.20. The van der Waals surface area contributed by atoms with Gasteiger partial charge in [-0.3, -0.25) is 4.79 Å². The maximum absolute atomic E-state index is 12.3. The Balaban J connectivity index is 1.65. The van der Waals surface area contributed by atoms with Crippen molar-refractivity contribution in [1.29, 1.82) is 0 Å². The van der Waals surface area contributed by atoms with Gasteiger partial charge in [-0.1, -0.05) is 17.7 Å². The van der Waals surface area contributed by atoms with Crippen LogP contribution in [0.3, 0.4) is 0 Å². The van der Waals surface area contributed by atoms with Crippen LogP contribution < -0.4 is 15.5 Å². The first-order chi connectivity index (χ1) is 12.5. The van der Waals surface area contributed by atoms with Crippen molar-refractivity contribution >= 4 is 40.3 Å². The second-order valence-corrected chi connectivity index (χ2v) is 6.40. The highest BCUT2D eigenvalue weighted by molar-refractivity contribution is 6.30. The SMILES string of the molecule is CN(C)c1ccc(Nc2ccc(C(=O)Nc3cccc(Cl)c3)nc2)cc1. The lowest BCUT2D eigenvalue weighted by molar-refractivity contribution is 0.102. The van der Waals surface area contributed by atoms with Gasteiger partial charge >= 0.3 is 0 Å². The first-order valence-electron chi connectivity index (χ1n) is 8.09. The summed E-state index contributed by atoms with van der Waals surface area (Å²) in [5.74, 6) is -0.283. The van der Waals surface area contributed by atoms with E-state index in [4.69, 9.17) is 11.6 Å². The molecule has 0 aliphatic heterocycles. The Bertz CT molecular complexity index is 892. The Labute approximate surface area is 157 Å². The van der Waals surface area contributed by atoms with E-state index < -0.39 is 0 Å². The Kier molecular flexibility index (Phi) is 5.39. The predicted molar refractivity (Wildman–Crippen MR) is 108 cm³/mol. The number of halogens is 1. The summed E-state index contributed by atoms with van der Waals surface area (Å²) in [5, 5.41) is 6.60. The summed E-state index contributed by atoms with van der Waals surface area (Å²) in [6.45, 7) is 0. The van der Waals surface area contributed by atoms with Gasteiger partial charge in [-0.2, -0.15) is 0 Å². The van der Waals surface area contributed by atoms with Crippen molar-refractivity contribution in [3.05, 3.63) is 77.6 Å². The van der Waals surface area contributed by atoms with Crippen LogP contribution in [0.25, 0.3) is 0 Å².